The topological polar surface area (TPSA) is 97.8 Å². The van der Waals surface area contributed by atoms with Gasteiger partial charge in [-0.1, -0.05) is 0 Å². The Hall–Kier alpha value is -4.28. The fraction of sp³-hybridized carbons (Fsp3) is 0.227. The van der Waals surface area contributed by atoms with E-state index in [1.54, 1.807) is 27.5 Å². The van der Waals surface area contributed by atoms with Gasteiger partial charge in [-0.25, -0.2) is 14.4 Å². The molecule has 0 radical (unpaired) electrons. The summed E-state index contributed by atoms with van der Waals surface area (Å²) in [7, 11) is 3.90. The van der Waals surface area contributed by atoms with E-state index in [9.17, 15) is 4.39 Å². The van der Waals surface area contributed by atoms with Crippen molar-refractivity contribution in [2.45, 2.75) is 13.0 Å². The van der Waals surface area contributed by atoms with Crippen molar-refractivity contribution >= 4 is 23.1 Å². The second kappa shape index (κ2) is 7.40. The molecule has 0 spiro atoms. The number of anilines is 2. The second-order valence-corrected chi connectivity index (χ2v) is 7.97. The van der Waals surface area contributed by atoms with Gasteiger partial charge in [-0.15, -0.1) is 10.2 Å². The summed E-state index contributed by atoms with van der Waals surface area (Å²) in [5, 5.41) is 16.0. The van der Waals surface area contributed by atoms with Crippen LogP contribution in [0.3, 0.4) is 0 Å². The van der Waals surface area contributed by atoms with Crippen LogP contribution in [0, 0.1) is 5.82 Å². The van der Waals surface area contributed by atoms with Gasteiger partial charge in [0.1, 0.15) is 30.0 Å². The number of nitrogens with one attached hydrogen (secondary N) is 1. The van der Waals surface area contributed by atoms with Gasteiger partial charge in [-0.05, 0) is 24.3 Å². The number of halogens is 1. The van der Waals surface area contributed by atoms with E-state index in [1.165, 1.54) is 12.4 Å². The lowest BCUT2D eigenvalue weighted by Crippen LogP contribution is -2.14. The zero-order valence-electron chi connectivity index (χ0n) is 18.0. The van der Waals surface area contributed by atoms with Gasteiger partial charge in [-0.2, -0.15) is 9.61 Å². The molecule has 0 amide bonds. The van der Waals surface area contributed by atoms with E-state index in [0.717, 1.165) is 28.3 Å². The van der Waals surface area contributed by atoms with E-state index in [2.05, 4.69) is 30.6 Å². The first-order chi connectivity index (χ1) is 16.1. The molecule has 1 N–H and O–H groups in total. The first-order valence-electron chi connectivity index (χ1n) is 10.5. The number of aromatic nitrogens is 7. The number of benzene rings is 1. The second-order valence-electron chi connectivity index (χ2n) is 7.97. The fourth-order valence-corrected chi connectivity index (χ4v) is 4.26. The van der Waals surface area contributed by atoms with Gasteiger partial charge >= 0.3 is 0 Å². The number of hydrogen-bond donors (Lipinski definition) is 1. The largest absolute Gasteiger partial charge is 0.493 e. The average Bonchev–Trinajstić information content (AvgIpc) is 3.57. The maximum Gasteiger partial charge on any atom is 0.210 e. The van der Waals surface area contributed by atoms with Gasteiger partial charge in [0.2, 0.25) is 5.95 Å². The first kappa shape index (κ1) is 19.4. The van der Waals surface area contributed by atoms with Crippen LogP contribution in [-0.2, 0) is 13.0 Å². The van der Waals surface area contributed by atoms with Crippen molar-refractivity contribution in [1.29, 1.82) is 0 Å². The van der Waals surface area contributed by atoms with Crippen molar-refractivity contribution in [3.63, 3.8) is 0 Å². The minimum atomic E-state index is -0.265. The van der Waals surface area contributed by atoms with E-state index in [4.69, 9.17) is 4.74 Å². The average molecular weight is 445 g/mol. The van der Waals surface area contributed by atoms with E-state index < -0.39 is 0 Å². The highest BCUT2D eigenvalue weighted by Crippen LogP contribution is 2.32. The van der Waals surface area contributed by atoms with Crippen LogP contribution in [0.5, 0.6) is 5.75 Å². The number of rotatable bonds is 5. The third-order valence-corrected chi connectivity index (χ3v) is 5.85. The lowest BCUT2D eigenvalue weighted by molar-refractivity contribution is 0.356. The Morgan fingerprint density at radius 3 is 2.91 bits per heavy atom. The zero-order valence-corrected chi connectivity index (χ0v) is 18.0. The number of pyridine rings is 1. The van der Waals surface area contributed by atoms with Gasteiger partial charge < -0.3 is 15.0 Å². The molecule has 0 saturated carbocycles. The molecule has 0 unspecified atom stereocenters. The van der Waals surface area contributed by atoms with Crippen molar-refractivity contribution in [3.05, 3.63) is 60.1 Å². The number of fused-ring (bicyclic) bond motifs is 3. The van der Waals surface area contributed by atoms with Crippen molar-refractivity contribution in [1.82, 2.24) is 34.2 Å². The summed E-state index contributed by atoms with van der Waals surface area (Å²) < 4.78 is 23.6. The van der Waals surface area contributed by atoms with E-state index >= 15 is 0 Å². The van der Waals surface area contributed by atoms with Gasteiger partial charge in [0.25, 0.3) is 0 Å². The van der Waals surface area contributed by atoms with Crippen LogP contribution < -0.4 is 15.0 Å². The summed E-state index contributed by atoms with van der Waals surface area (Å²) in [6.45, 7) is 0.835. The molecule has 4 aromatic heterocycles. The minimum Gasteiger partial charge on any atom is -0.493 e. The fourth-order valence-electron chi connectivity index (χ4n) is 4.26. The Bertz CT molecular complexity index is 1510. The first-order valence-corrected chi connectivity index (χ1v) is 10.5. The maximum absolute atomic E-state index is 14.5. The molecule has 5 aromatic rings. The van der Waals surface area contributed by atoms with Crippen LogP contribution in [-0.4, -0.2) is 54.9 Å². The Balaban J connectivity index is 1.39. The van der Waals surface area contributed by atoms with E-state index in [-0.39, 0.29) is 12.4 Å². The van der Waals surface area contributed by atoms with Crippen LogP contribution in [0.2, 0.25) is 0 Å². The molecule has 0 aliphatic carbocycles. The normalized spacial score (nSPS) is 12.8. The van der Waals surface area contributed by atoms with E-state index in [1.807, 2.05) is 31.1 Å². The monoisotopic (exact) mass is 445 g/mol. The Labute approximate surface area is 187 Å². The summed E-state index contributed by atoms with van der Waals surface area (Å²) in [6, 6.07) is 7.06. The van der Waals surface area contributed by atoms with Gasteiger partial charge in [0.05, 0.1) is 6.61 Å². The molecule has 0 bridgehead atoms. The molecule has 6 rings (SSSR count). The number of nitrogens with zero attached hydrogens (tertiary/aromatic N) is 8. The standard InChI is InChI=1S/C22H20FN9O/c1-30(2)19-6-3-14(20-26-11-28-32(19)20)16-10-25-22(31-12-27-29-21(16)31)24-9-15-13-7-8-33-18(13)5-4-17(15)23/h3-6,10-12H,7-9H2,1-2H3,(H,24,25). The zero-order chi connectivity index (χ0) is 22.5. The lowest BCUT2D eigenvalue weighted by Gasteiger charge is -2.15. The molecule has 11 heteroatoms. The quantitative estimate of drug-likeness (QED) is 0.441. The summed E-state index contributed by atoms with van der Waals surface area (Å²) in [6.07, 6.45) is 5.52. The summed E-state index contributed by atoms with van der Waals surface area (Å²) in [5.41, 5.74) is 4.38. The molecule has 1 aromatic carbocycles. The molecule has 0 atom stereocenters. The summed E-state index contributed by atoms with van der Waals surface area (Å²) >= 11 is 0. The van der Waals surface area contributed by atoms with Gasteiger partial charge in [-0.3, -0.25) is 4.40 Å². The molecular weight excluding hydrogens is 425 g/mol. The minimum absolute atomic E-state index is 0.265. The molecule has 0 saturated heterocycles. The smallest absolute Gasteiger partial charge is 0.210 e. The van der Waals surface area contributed by atoms with Crippen LogP contribution in [0.25, 0.3) is 22.4 Å². The van der Waals surface area contributed by atoms with E-state index in [0.29, 0.717) is 35.8 Å². The van der Waals surface area contributed by atoms with Crippen LogP contribution in [0.15, 0.2) is 43.1 Å². The maximum atomic E-state index is 14.5. The predicted octanol–water partition coefficient (Wildman–Crippen LogP) is 2.59. The van der Waals surface area contributed by atoms with Crippen LogP contribution >= 0.6 is 0 Å². The molecule has 1 aliphatic heterocycles. The highest BCUT2D eigenvalue weighted by molar-refractivity contribution is 5.86. The third kappa shape index (κ3) is 3.04. The molecule has 5 heterocycles. The molecule has 10 nitrogen and oxygen atoms in total. The molecule has 33 heavy (non-hydrogen) atoms. The van der Waals surface area contributed by atoms with Crippen LogP contribution in [0.1, 0.15) is 11.1 Å². The highest BCUT2D eigenvalue weighted by Gasteiger charge is 2.21. The van der Waals surface area contributed by atoms with Crippen molar-refractivity contribution in [3.8, 4) is 16.9 Å². The van der Waals surface area contributed by atoms with Gasteiger partial charge in [0.15, 0.2) is 11.3 Å². The van der Waals surface area contributed by atoms with Crippen molar-refractivity contribution < 1.29 is 9.13 Å². The molecule has 1 aliphatic rings. The lowest BCUT2D eigenvalue weighted by atomic mass is 10.0. The molecule has 0 fully saturated rings. The summed E-state index contributed by atoms with van der Waals surface area (Å²) in [4.78, 5) is 11.0. The van der Waals surface area contributed by atoms with Crippen LogP contribution in [0.4, 0.5) is 16.2 Å². The SMILES string of the molecule is CN(C)c1ccc(-c2cnc(NCc3c(F)ccc4c3CCO4)n3cnnc23)c2ncnn12. The summed E-state index contributed by atoms with van der Waals surface area (Å²) in [5.74, 6) is 1.89. The predicted molar refractivity (Wildman–Crippen MR) is 120 cm³/mol. The third-order valence-electron chi connectivity index (χ3n) is 5.85. The number of hydrogen-bond acceptors (Lipinski definition) is 8. The Kier molecular flexibility index (Phi) is 4.35. The highest BCUT2D eigenvalue weighted by atomic mass is 19.1. The Morgan fingerprint density at radius 2 is 2.03 bits per heavy atom. The number of ether oxygens (including phenoxy) is 1. The molecule has 166 valence electrons. The Morgan fingerprint density at radius 1 is 1.12 bits per heavy atom. The molecular formula is C22H20FN9O. The van der Waals surface area contributed by atoms with Crippen molar-refractivity contribution in [2.24, 2.45) is 0 Å². The van der Waals surface area contributed by atoms with Crippen molar-refractivity contribution in [2.75, 3.05) is 30.9 Å². The van der Waals surface area contributed by atoms with Gasteiger partial charge in [0, 0.05) is 55.5 Å².